The Kier molecular flexibility index (Phi) is 4.84. The normalized spacial score (nSPS) is 12.5. The van der Waals surface area contributed by atoms with Crippen LogP contribution in [0.25, 0.3) is 11.5 Å². The fraction of sp³-hybridized carbons (Fsp3) is 0.375. The number of aryl methyl sites for hydroxylation is 1. The summed E-state index contributed by atoms with van der Waals surface area (Å²) in [5.41, 5.74) is 1.87. The quantitative estimate of drug-likeness (QED) is 0.690. The van der Waals surface area contributed by atoms with Gasteiger partial charge in [0.2, 0.25) is 11.8 Å². The molecule has 126 valence electrons. The predicted molar refractivity (Wildman–Crippen MR) is 91.9 cm³/mol. The zero-order chi connectivity index (χ0) is 17.1. The highest BCUT2D eigenvalue weighted by Gasteiger charge is 2.19. The second kappa shape index (κ2) is 7.04. The summed E-state index contributed by atoms with van der Waals surface area (Å²) in [7, 11) is 0. The van der Waals surface area contributed by atoms with Crippen molar-refractivity contribution in [2.45, 2.75) is 44.1 Å². The lowest BCUT2D eigenvalue weighted by Gasteiger charge is -2.07. The number of aromatic nitrogens is 5. The number of H-pyrrole nitrogens is 1. The average molecular weight is 345 g/mol. The molecule has 0 aliphatic carbocycles. The Labute approximate surface area is 143 Å². The molecule has 1 atom stereocenters. The van der Waals surface area contributed by atoms with Gasteiger partial charge in [-0.1, -0.05) is 36.4 Å². The van der Waals surface area contributed by atoms with E-state index in [1.54, 1.807) is 4.57 Å². The number of benzene rings is 1. The van der Waals surface area contributed by atoms with E-state index in [1.807, 2.05) is 45.0 Å². The lowest BCUT2D eigenvalue weighted by molar-refractivity contribution is 0.508. The van der Waals surface area contributed by atoms with Gasteiger partial charge in [0, 0.05) is 12.1 Å². The van der Waals surface area contributed by atoms with Crippen molar-refractivity contribution in [3.05, 3.63) is 46.2 Å². The van der Waals surface area contributed by atoms with Crippen LogP contribution in [0.1, 0.15) is 37.0 Å². The monoisotopic (exact) mass is 345 g/mol. The van der Waals surface area contributed by atoms with Gasteiger partial charge in [-0.3, -0.25) is 4.57 Å². The molecule has 0 saturated carbocycles. The molecule has 0 bridgehead atoms. The van der Waals surface area contributed by atoms with Gasteiger partial charge < -0.3 is 4.42 Å². The van der Waals surface area contributed by atoms with Crippen molar-refractivity contribution < 1.29 is 4.42 Å². The maximum Gasteiger partial charge on any atom is 0.343 e. The largest absolute Gasteiger partial charge is 0.419 e. The predicted octanol–water partition coefficient (Wildman–Crippen LogP) is 3.19. The van der Waals surface area contributed by atoms with Gasteiger partial charge in [0.1, 0.15) is 0 Å². The van der Waals surface area contributed by atoms with E-state index in [1.165, 1.54) is 17.3 Å². The first-order valence-electron chi connectivity index (χ1n) is 7.80. The van der Waals surface area contributed by atoms with Gasteiger partial charge in [0.15, 0.2) is 5.16 Å². The van der Waals surface area contributed by atoms with Crippen molar-refractivity contribution in [1.29, 1.82) is 0 Å². The zero-order valence-corrected chi connectivity index (χ0v) is 14.6. The van der Waals surface area contributed by atoms with Crippen LogP contribution in [0.2, 0.25) is 0 Å². The highest BCUT2D eigenvalue weighted by molar-refractivity contribution is 7.99. The van der Waals surface area contributed by atoms with Crippen LogP contribution in [0.5, 0.6) is 0 Å². The third-order valence-electron chi connectivity index (χ3n) is 3.54. The highest BCUT2D eigenvalue weighted by atomic mass is 32.2. The minimum atomic E-state index is -0.197. The van der Waals surface area contributed by atoms with Crippen LogP contribution in [0.15, 0.2) is 38.6 Å². The lowest BCUT2D eigenvalue weighted by Crippen LogP contribution is -2.17. The molecule has 0 spiro atoms. The smallest absolute Gasteiger partial charge is 0.343 e. The Balaban J connectivity index is 1.78. The summed E-state index contributed by atoms with van der Waals surface area (Å²) in [6, 6.07) is 7.92. The third kappa shape index (κ3) is 3.43. The van der Waals surface area contributed by atoms with Crippen LogP contribution in [-0.2, 0) is 6.54 Å². The first-order chi connectivity index (χ1) is 11.6. The van der Waals surface area contributed by atoms with Crippen molar-refractivity contribution in [1.82, 2.24) is 25.0 Å². The van der Waals surface area contributed by atoms with E-state index < -0.39 is 0 Å². The minimum absolute atomic E-state index is 0.109. The molecular formula is C16H19N5O2S. The molecule has 3 rings (SSSR count). The van der Waals surface area contributed by atoms with Gasteiger partial charge in [-0.2, -0.15) is 0 Å². The van der Waals surface area contributed by atoms with Gasteiger partial charge in [0.05, 0.1) is 5.25 Å². The molecule has 2 aromatic heterocycles. The van der Waals surface area contributed by atoms with E-state index in [2.05, 4.69) is 20.4 Å². The number of thioether (sulfide) groups is 1. The lowest BCUT2D eigenvalue weighted by atomic mass is 10.1. The molecule has 0 aliphatic rings. The fourth-order valence-corrected chi connectivity index (χ4v) is 3.15. The van der Waals surface area contributed by atoms with Gasteiger partial charge in [-0.05, 0) is 32.4 Å². The maximum atomic E-state index is 11.7. The summed E-state index contributed by atoms with van der Waals surface area (Å²) < 4.78 is 7.41. The summed E-state index contributed by atoms with van der Waals surface area (Å²) in [6.45, 7) is 6.62. The molecule has 0 aliphatic heterocycles. The molecule has 0 saturated heterocycles. The molecule has 24 heavy (non-hydrogen) atoms. The summed E-state index contributed by atoms with van der Waals surface area (Å²) in [5, 5.41) is 15.3. The highest BCUT2D eigenvalue weighted by Crippen LogP contribution is 2.33. The minimum Gasteiger partial charge on any atom is -0.419 e. The number of nitrogens with zero attached hydrogens (tertiary/aromatic N) is 4. The van der Waals surface area contributed by atoms with Crippen molar-refractivity contribution in [2.24, 2.45) is 0 Å². The van der Waals surface area contributed by atoms with Crippen molar-refractivity contribution in [3.8, 4) is 11.5 Å². The first-order valence-corrected chi connectivity index (χ1v) is 8.68. The van der Waals surface area contributed by atoms with E-state index in [0.29, 0.717) is 23.5 Å². The van der Waals surface area contributed by atoms with E-state index in [-0.39, 0.29) is 10.9 Å². The molecule has 0 fully saturated rings. The average Bonchev–Trinajstić information content (AvgIpc) is 3.18. The molecule has 0 amide bonds. The topological polar surface area (TPSA) is 89.6 Å². The Morgan fingerprint density at radius 3 is 2.75 bits per heavy atom. The molecule has 0 unspecified atom stereocenters. The molecule has 0 radical (unpaired) electrons. The van der Waals surface area contributed by atoms with E-state index in [0.717, 1.165) is 12.0 Å². The summed E-state index contributed by atoms with van der Waals surface area (Å²) >= 11 is 1.42. The summed E-state index contributed by atoms with van der Waals surface area (Å²) in [5.74, 6) is 1.000. The van der Waals surface area contributed by atoms with Crippen LogP contribution in [0.3, 0.4) is 0 Å². The van der Waals surface area contributed by atoms with Crippen LogP contribution in [-0.4, -0.2) is 25.0 Å². The van der Waals surface area contributed by atoms with Gasteiger partial charge in [-0.15, -0.1) is 15.3 Å². The van der Waals surface area contributed by atoms with E-state index in [4.69, 9.17) is 4.42 Å². The van der Waals surface area contributed by atoms with Gasteiger partial charge >= 0.3 is 5.69 Å². The number of rotatable bonds is 6. The first kappa shape index (κ1) is 16.5. The van der Waals surface area contributed by atoms with Crippen LogP contribution in [0, 0.1) is 6.92 Å². The third-order valence-corrected chi connectivity index (χ3v) is 4.62. The van der Waals surface area contributed by atoms with Gasteiger partial charge in [0.25, 0.3) is 0 Å². The standard InChI is InChI=1S/C16H19N5O2S/c1-4-9-21-15(22)19-20-16(21)24-11(3)13-17-18-14(23-13)12-7-5-10(2)6-8-12/h5-8,11H,4,9H2,1-3H3,(H,19,22)/t11-/m0/s1. The molecule has 2 heterocycles. The molecule has 3 aromatic rings. The second-order valence-corrected chi connectivity index (χ2v) is 6.84. The summed E-state index contributed by atoms with van der Waals surface area (Å²) in [4.78, 5) is 11.7. The Bertz CT molecular complexity index is 865. The van der Waals surface area contributed by atoms with Crippen molar-refractivity contribution >= 4 is 11.8 Å². The second-order valence-electron chi connectivity index (χ2n) is 5.53. The van der Waals surface area contributed by atoms with E-state index >= 15 is 0 Å². The van der Waals surface area contributed by atoms with Gasteiger partial charge in [-0.25, -0.2) is 9.89 Å². The zero-order valence-electron chi connectivity index (χ0n) is 13.8. The molecular weight excluding hydrogens is 326 g/mol. The van der Waals surface area contributed by atoms with Crippen LogP contribution >= 0.6 is 11.8 Å². The van der Waals surface area contributed by atoms with Crippen molar-refractivity contribution in [2.75, 3.05) is 0 Å². The molecule has 1 N–H and O–H groups in total. The number of nitrogens with one attached hydrogen (secondary N) is 1. The fourth-order valence-electron chi connectivity index (χ4n) is 2.23. The van der Waals surface area contributed by atoms with Crippen LogP contribution < -0.4 is 5.69 Å². The van der Waals surface area contributed by atoms with E-state index in [9.17, 15) is 4.79 Å². The summed E-state index contributed by atoms with van der Waals surface area (Å²) in [6.07, 6.45) is 0.861. The number of hydrogen-bond donors (Lipinski definition) is 1. The molecule has 7 nitrogen and oxygen atoms in total. The Morgan fingerprint density at radius 2 is 2.04 bits per heavy atom. The Hall–Kier alpha value is -2.35. The SMILES string of the molecule is CCCn1c(S[C@@H](C)c2nnc(-c3ccc(C)cc3)o2)n[nH]c1=O. The number of aromatic amines is 1. The number of hydrogen-bond acceptors (Lipinski definition) is 6. The maximum absolute atomic E-state index is 11.7. The van der Waals surface area contributed by atoms with Crippen molar-refractivity contribution in [3.63, 3.8) is 0 Å². The Morgan fingerprint density at radius 1 is 1.29 bits per heavy atom. The van der Waals surface area contributed by atoms with Crippen LogP contribution in [0.4, 0.5) is 0 Å². The molecule has 8 heteroatoms. The molecule has 1 aromatic carbocycles.